The lowest BCUT2D eigenvalue weighted by molar-refractivity contribution is -0.118. The van der Waals surface area contributed by atoms with Crippen LogP contribution in [-0.4, -0.2) is 47.1 Å². The highest BCUT2D eigenvalue weighted by atomic mass is 79.9. The molecule has 0 bridgehead atoms. The molecule has 1 aromatic carbocycles. The van der Waals surface area contributed by atoms with E-state index < -0.39 is 0 Å². The Morgan fingerprint density at radius 2 is 1.81 bits per heavy atom. The normalized spacial score (nSPS) is 25.3. The van der Waals surface area contributed by atoms with Gasteiger partial charge >= 0.3 is 0 Å². The summed E-state index contributed by atoms with van der Waals surface area (Å²) >= 11 is 7.13. The van der Waals surface area contributed by atoms with Crippen LogP contribution in [0.2, 0.25) is 0 Å². The molecule has 0 N–H and O–H groups in total. The number of hydrogen-bond acceptors (Lipinski definition) is 2. The quantitative estimate of drug-likeness (QED) is 0.682. The Labute approximate surface area is 143 Å². The lowest BCUT2D eigenvalue weighted by atomic mass is 10.1. The molecular formula is C16H22Br2N2O. The van der Waals surface area contributed by atoms with Crippen molar-refractivity contribution in [3.8, 4) is 0 Å². The number of halogens is 2. The monoisotopic (exact) mass is 416 g/mol. The molecule has 0 radical (unpaired) electrons. The number of carbonyl (C=O) groups is 1. The van der Waals surface area contributed by atoms with Gasteiger partial charge < -0.3 is 9.80 Å². The van der Waals surface area contributed by atoms with Crippen LogP contribution < -0.4 is 4.90 Å². The summed E-state index contributed by atoms with van der Waals surface area (Å²) in [5.74, 6) is 0.191. The van der Waals surface area contributed by atoms with Crippen LogP contribution in [0.25, 0.3) is 0 Å². The molecule has 0 spiro atoms. The molecule has 1 aromatic rings. The largest absolute Gasteiger partial charge is 0.308 e. The molecule has 0 aliphatic heterocycles. The molecule has 1 aliphatic rings. The summed E-state index contributed by atoms with van der Waals surface area (Å²) in [6.45, 7) is 0. The van der Waals surface area contributed by atoms with Crippen LogP contribution in [0.1, 0.15) is 19.3 Å². The molecule has 21 heavy (non-hydrogen) atoms. The number of anilines is 1. The van der Waals surface area contributed by atoms with Crippen molar-refractivity contribution in [3.05, 3.63) is 30.3 Å². The fourth-order valence-corrected chi connectivity index (χ4v) is 4.18. The van der Waals surface area contributed by atoms with E-state index in [1.165, 1.54) is 0 Å². The van der Waals surface area contributed by atoms with Crippen LogP contribution >= 0.6 is 31.9 Å². The molecule has 5 heteroatoms. The van der Waals surface area contributed by atoms with E-state index in [1.54, 1.807) is 0 Å². The number of nitrogens with zero attached hydrogens (tertiary/aromatic N) is 2. The summed E-state index contributed by atoms with van der Waals surface area (Å²) in [5, 5.41) is 0.701. The molecule has 1 aliphatic carbocycles. The Bertz CT molecular complexity index is 467. The number of likely N-dealkylation sites (N-methyl/N-ethyl adjacent to an activating group) is 1. The van der Waals surface area contributed by atoms with Gasteiger partial charge in [-0.25, -0.2) is 0 Å². The van der Waals surface area contributed by atoms with Crippen LogP contribution in [0.15, 0.2) is 30.3 Å². The number of amides is 1. The van der Waals surface area contributed by atoms with Crippen LogP contribution in [0.5, 0.6) is 0 Å². The van der Waals surface area contributed by atoms with Crippen molar-refractivity contribution in [1.29, 1.82) is 0 Å². The third-order valence-electron chi connectivity index (χ3n) is 4.04. The number of benzene rings is 1. The van der Waals surface area contributed by atoms with Gasteiger partial charge in [0.15, 0.2) is 0 Å². The van der Waals surface area contributed by atoms with Gasteiger partial charge in [-0.3, -0.25) is 4.79 Å². The maximum atomic E-state index is 12.7. The summed E-state index contributed by atoms with van der Waals surface area (Å²) in [4.78, 5) is 17.4. The second-order valence-electron chi connectivity index (χ2n) is 5.71. The third-order valence-corrected chi connectivity index (χ3v) is 5.19. The topological polar surface area (TPSA) is 23.6 Å². The lowest BCUT2D eigenvalue weighted by Gasteiger charge is -2.36. The predicted octanol–water partition coefficient (Wildman–Crippen LogP) is 3.66. The van der Waals surface area contributed by atoms with Crippen molar-refractivity contribution < 1.29 is 4.79 Å². The number of hydrogen-bond donors (Lipinski definition) is 0. The van der Waals surface area contributed by atoms with Gasteiger partial charge in [-0.2, -0.15) is 0 Å². The first-order chi connectivity index (χ1) is 10.0. The van der Waals surface area contributed by atoms with Crippen molar-refractivity contribution in [2.75, 3.05) is 24.3 Å². The Morgan fingerprint density at radius 1 is 1.19 bits per heavy atom. The molecule has 1 fully saturated rings. The molecular weight excluding hydrogens is 396 g/mol. The zero-order chi connectivity index (χ0) is 15.4. The van der Waals surface area contributed by atoms with E-state index in [9.17, 15) is 4.79 Å². The minimum atomic E-state index is 0.191. The highest BCUT2D eigenvalue weighted by molar-refractivity contribution is 9.09. The molecule has 0 heterocycles. The average molecular weight is 418 g/mol. The summed E-state index contributed by atoms with van der Waals surface area (Å²) in [5.41, 5.74) is 1.00. The van der Waals surface area contributed by atoms with E-state index >= 15 is 0 Å². The molecule has 3 atom stereocenters. The fraction of sp³-hybridized carbons (Fsp3) is 0.562. The minimum absolute atomic E-state index is 0.191. The van der Waals surface area contributed by atoms with E-state index in [-0.39, 0.29) is 11.9 Å². The molecule has 3 nitrogen and oxygen atoms in total. The van der Waals surface area contributed by atoms with Gasteiger partial charge in [0.2, 0.25) is 5.91 Å². The molecule has 3 unspecified atom stereocenters. The summed E-state index contributed by atoms with van der Waals surface area (Å²) in [7, 11) is 4.20. The van der Waals surface area contributed by atoms with Crippen LogP contribution in [0, 0.1) is 0 Å². The number of alkyl halides is 2. The molecule has 1 saturated carbocycles. The highest BCUT2D eigenvalue weighted by Gasteiger charge is 2.40. The Hall–Kier alpha value is -0.390. The van der Waals surface area contributed by atoms with Gasteiger partial charge in [-0.15, -0.1) is 0 Å². The Morgan fingerprint density at radius 3 is 2.38 bits per heavy atom. The average Bonchev–Trinajstić information content (AvgIpc) is 2.82. The van der Waals surface area contributed by atoms with Gasteiger partial charge in [-0.05, 0) is 39.1 Å². The van der Waals surface area contributed by atoms with E-state index in [0.29, 0.717) is 22.6 Å². The SMILES string of the molecule is CN(C)C1CC(Br)CC1N(C(=O)CCBr)c1ccccc1. The molecule has 116 valence electrons. The van der Waals surface area contributed by atoms with Gasteiger partial charge in [-0.1, -0.05) is 50.1 Å². The van der Waals surface area contributed by atoms with Crippen molar-refractivity contribution in [1.82, 2.24) is 4.90 Å². The van der Waals surface area contributed by atoms with Gasteiger partial charge in [0.25, 0.3) is 0 Å². The first-order valence-electron chi connectivity index (χ1n) is 7.28. The molecule has 1 amide bonds. The molecule has 2 rings (SSSR count). The first kappa shape index (κ1) is 17.0. The number of para-hydroxylation sites is 1. The van der Waals surface area contributed by atoms with Crippen molar-refractivity contribution in [2.45, 2.75) is 36.2 Å². The summed E-state index contributed by atoms with van der Waals surface area (Å²) in [6.07, 6.45) is 2.59. The van der Waals surface area contributed by atoms with Gasteiger partial charge in [0, 0.05) is 28.3 Å². The van der Waals surface area contributed by atoms with Gasteiger partial charge in [0.05, 0.1) is 6.04 Å². The minimum Gasteiger partial charge on any atom is -0.308 e. The number of rotatable bonds is 5. The van der Waals surface area contributed by atoms with E-state index in [4.69, 9.17) is 0 Å². The Kier molecular flexibility index (Phi) is 6.26. The lowest BCUT2D eigenvalue weighted by Crippen LogP contribution is -2.49. The Balaban J connectivity index is 2.33. The smallest absolute Gasteiger partial charge is 0.228 e. The zero-order valence-corrected chi connectivity index (χ0v) is 15.7. The zero-order valence-electron chi connectivity index (χ0n) is 12.5. The van der Waals surface area contributed by atoms with Crippen LogP contribution in [0.4, 0.5) is 5.69 Å². The highest BCUT2D eigenvalue weighted by Crippen LogP contribution is 2.35. The van der Waals surface area contributed by atoms with Gasteiger partial charge in [0.1, 0.15) is 0 Å². The second kappa shape index (κ2) is 7.75. The van der Waals surface area contributed by atoms with E-state index in [2.05, 4.69) is 50.9 Å². The summed E-state index contributed by atoms with van der Waals surface area (Å²) < 4.78 is 0. The maximum absolute atomic E-state index is 12.7. The fourth-order valence-electron chi connectivity index (χ4n) is 3.08. The van der Waals surface area contributed by atoms with Crippen molar-refractivity contribution >= 4 is 43.5 Å². The van der Waals surface area contributed by atoms with Crippen molar-refractivity contribution in [2.24, 2.45) is 0 Å². The first-order valence-corrected chi connectivity index (χ1v) is 9.32. The molecule has 0 saturated heterocycles. The van der Waals surface area contributed by atoms with Crippen molar-refractivity contribution in [3.63, 3.8) is 0 Å². The predicted molar refractivity (Wildman–Crippen MR) is 95.6 cm³/mol. The maximum Gasteiger partial charge on any atom is 0.228 e. The van der Waals surface area contributed by atoms with E-state index in [0.717, 1.165) is 18.5 Å². The summed E-state index contributed by atoms with van der Waals surface area (Å²) in [6, 6.07) is 10.6. The standard InChI is InChI=1S/C16H22Br2N2O/c1-19(2)14-10-12(18)11-15(14)20(16(21)8-9-17)13-6-4-3-5-7-13/h3-7,12,14-15H,8-11H2,1-2H3. The van der Waals surface area contributed by atoms with Crippen LogP contribution in [-0.2, 0) is 4.79 Å². The number of carbonyl (C=O) groups excluding carboxylic acids is 1. The van der Waals surface area contributed by atoms with Crippen LogP contribution in [0.3, 0.4) is 0 Å². The molecule has 0 aromatic heterocycles. The second-order valence-corrected chi connectivity index (χ2v) is 7.79. The van der Waals surface area contributed by atoms with E-state index in [1.807, 2.05) is 35.2 Å². The third kappa shape index (κ3) is 4.08.